The summed E-state index contributed by atoms with van der Waals surface area (Å²) in [6, 6.07) is 0. The minimum absolute atomic E-state index is 0.614. The van der Waals surface area contributed by atoms with Gasteiger partial charge in [0.2, 0.25) is 0 Å². The first-order valence-corrected chi connectivity index (χ1v) is 6.23. The quantitative estimate of drug-likeness (QED) is 0.566. The standard InChI is InChI=1S/C14H22/c1-2-6-13-7-11-14(12-8-13)9-4-3-5-10-14/h6-7,11H,2-5,8-10,12H2,1H3. The molecule has 0 nitrogen and oxygen atoms in total. The van der Waals surface area contributed by atoms with Gasteiger partial charge in [0.05, 0.1) is 0 Å². The Balaban J connectivity index is 2.04. The molecule has 0 unspecified atom stereocenters. The highest BCUT2D eigenvalue weighted by molar-refractivity contribution is 5.25. The monoisotopic (exact) mass is 190 g/mol. The highest BCUT2D eigenvalue weighted by Crippen LogP contribution is 2.44. The van der Waals surface area contributed by atoms with Crippen molar-refractivity contribution in [2.75, 3.05) is 0 Å². The lowest BCUT2D eigenvalue weighted by molar-refractivity contribution is 0.234. The Bertz CT molecular complexity index is 239. The molecule has 1 spiro atoms. The fourth-order valence-corrected chi connectivity index (χ4v) is 2.95. The Morgan fingerprint density at radius 2 is 2.00 bits per heavy atom. The van der Waals surface area contributed by atoms with E-state index >= 15 is 0 Å². The van der Waals surface area contributed by atoms with E-state index in [1.807, 2.05) is 0 Å². The summed E-state index contributed by atoms with van der Waals surface area (Å²) in [6.45, 7) is 2.23. The lowest BCUT2D eigenvalue weighted by atomic mass is 9.68. The highest BCUT2D eigenvalue weighted by atomic mass is 14.4. The van der Waals surface area contributed by atoms with Crippen molar-refractivity contribution in [2.24, 2.45) is 5.41 Å². The van der Waals surface area contributed by atoms with Gasteiger partial charge in [-0.25, -0.2) is 0 Å². The largest absolute Gasteiger partial charge is 0.0816 e. The Kier molecular flexibility index (Phi) is 3.10. The van der Waals surface area contributed by atoms with E-state index in [4.69, 9.17) is 0 Å². The minimum atomic E-state index is 0.614. The summed E-state index contributed by atoms with van der Waals surface area (Å²) in [7, 11) is 0. The summed E-state index contributed by atoms with van der Waals surface area (Å²) in [4.78, 5) is 0. The molecule has 14 heavy (non-hydrogen) atoms. The van der Waals surface area contributed by atoms with Gasteiger partial charge in [-0.05, 0) is 37.5 Å². The smallest absolute Gasteiger partial charge is 0.0112 e. The van der Waals surface area contributed by atoms with Crippen LogP contribution in [-0.4, -0.2) is 0 Å². The van der Waals surface area contributed by atoms with Crippen molar-refractivity contribution >= 4 is 0 Å². The molecule has 0 bridgehead atoms. The van der Waals surface area contributed by atoms with E-state index in [0.717, 1.165) is 0 Å². The molecule has 0 atom stereocenters. The number of hydrogen-bond donors (Lipinski definition) is 0. The molecule has 0 heterocycles. The van der Waals surface area contributed by atoms with E-state index < -0.39 is 0 Å². The summed E-state index contributed by atoms with van der Waals surface area (Å²) < 4.78 is 0. The van der Waals surface area contributed by atoms with E-state index in [-0.39, 0.29) is 0 Å². The molecule has 0 radical (unpaired) electrons. The SMILES string of the molecule is CCC=C1C=CC2(CCCCC2)CC1. The zero-order chi connectivity index (χ0) is 9.86. The third kappa shape index (κ3) is 2.10. The molecular formula is C14H22. The number of allylic oxidation sites excluding steroid dienone is 4. The predicted molar refractivity (Wildman–Crippen MR) is 62.3 cm³/mol. The van der Waals surface area contributed by atoms with Crippen LogP contribution in [0.15, 0.2) is 23.8 Å². The minimum Gasteiger partial charge on any atom is -0.0816 e. The van der Waals surface area contributed by atoms with Crippen LogP contribution in [0.3, 0.4) is 0 Å². The maximum atomic E-state index is 2.52. The van der Waals surface area contributed by atoms with Crippen LogP contribution >= 0.6 is 0 Å². The molecule has 0 heteroatoms. The summed E-state index contributed by atoms with van der Waals surface area (Å²) in [5, 5.41) is 0. The second-order valence-electron chi connectivity index (χ2n) is 4.94. The first-order chi connectivity index (χ1) is 6.85. The van der Waals surface area contributed by atoms with E-state index in [9.17, 15) is 0 Å². The number of hydrogen-bond acceptors (Lipinski definition) is 0. The van der Waals surface area contributed by atoms with Crippen molar-refractivity contribution in [3.8, 4) is 0 Å². The lowest BCUT2D eigenvalue weighted by Crippen LogP contribution is -2.23. The molecule has 0 aromatic carbocycles. The summed E-state index contributed by atoms with van der Waals surface area (Å²) in [6.07, 6.45) is 18.5. The van der Waals surface area contributed by atoms with Crippen LogP contribution in [0.5, 0.6) is 0 Å². The van der Waals surface area contributed by atoms with Gasteiger partial charge in [-0.15, -0.1) is 0 Å². The maximum absolute atomic E-state index is 2.52. The zero-order valence-corrected chi connectivity index (χ0v) is 9.39. The summed E-state index contributed by atoms with van der Waals surface area (Å²) >= 11 is 0. The molecule has 0 aliphatic heterocycles. The van der Waals surface area contributed by atoms with Gasteiger partial charge in [0, 0.05) is 0 Å². The van der Waals surface area contributed by atoms with Crippen LogP contribution in [0.25, 0.3) is 0 Å². The topological polar surface area (TPSA) is 0 Å². The molecule has 0 amide bonds. The van der Waals surface area contributed by atoms with Gasteiger partial charge in [-0.1, -0.05) is 50.0 Å². The molecule has 2 aliphatic rings. The lowest BCUT2D eigenvalue weighted by Gasteiger charge is -2.37. The average Bonchev–Trinajstić information content (AvgIpc) is 2.24. The Morgan fingerprint density at radius 3 is 2.57 bits per heavy atom. The first kappa shape index (κ1) is 10.0. The molecule has 0 saturated heterocycles. The van der Waals surface area contributed by atoms with Crippen molar-refractivity contribution in [3.63, 3.8) is 0 Å². The van der Waals surface area contributed by atoms with Crippen LogP contribution in [0, 0.1) is 5.41 Å². The molecule has 1 saturated carbocycles. The van der Waals surface area contributed by atoms with Crippen LogP contribution < -0.4 is 0 Å². The van der Waals surface area contributed by atoms with Gasteiger partial charge in [0.15, 0.2) is 0 Å². The molecule has 1 fully saturated rings. The summed E-state index contributed by atoms with van der Waals surface area (Å²) in [5.74, 6) is 0. The van der Waals surface area contributed by atoms with Gasteiger partial charge >= 0.3 is 0 Å². The van der Waals surface area contributed by atoms with Crippen molar-refractivity contribution in [1.29, 1.82) is 0 Å². The second kappa shape index (κ2) is 4.33. The molecular weight excluding hydrogens is 168 g/mol. The van der Waals surface area contributed by atoms with Crippen LogP contribution in [0.2, 0.25) is 0 Å². The van der Waals surface area contributed by atoms with E-state index in [2.05, 4.69) is 25.2 Å². The highest BCUT2D eigenvalue weighted by Gasteiger charge is 2.30. The van der Waals surface area contributed by atoms with E-state index in [1.165, 1.54) is 51.4 Å². The van der Waals surface area contributed by atoms with Crippen LogP contribution in [0.4, 0.5) is 0 Å². The van der Waals surface area contributed by atoms with E-state index in [0.29, 0.717) is 5.41 Å². The fraction of sp³-hybridized carbons (Fsp3) is 0.714. The number of rotatable bonds is 1. The second-order valence-corrected chi connectivity index (χ2v) is 4.94. The normalized spacial score (nSPS) is 28.5. The zero-order valence-electron chi connectivity index (χ0n) is 9.39. The van der Waals surface area contributed by atoms with Gasteiger partial charge in [0.25, 0.3) is 0 Å². The van der Waals surface area contributed by atoms with Crippen molar-refractivity contribution < 1.29 is 0 Å². The van der Waals surface area contributed by atoms with Crippen molar-refractivity contribution in [3.05, 3.63) is 23.8 Å². The molecule has 0 N–H and O–H groups in total. The molecule has 78 valence electrons. The molecule has 0 aromatic rings. The van der Waals surface area contributed by atoms with Crippen LogP contribution in [-0.2, 0) is 0 Å². The Labute approximate surface area is 88.1 Å². The van der Waals surface area contributed by atoms with Crippen molar-refractivity contribution in [2.45, 2.75) is 58.3 Å². The fourth-order valence-electron chi connectivity index (χ4n) is 2.95. The Morgan fingerprint density at radius 1 is 1.21 bits per heavy atom. The van der Waals surface area contributed by atoms with E-state index in [1.54, 1.807) is 5.57 Å². The Hall–Kier alpha value is -0.520. The van der Waals surface area contributed by atoms with Gasteiger partial charge < -0.3 is 0 Å². The van der Waals surface area contributed by atoms with Gasteiger partial charge in [0.1, 0.15) is 0 Å². The van der Waals surface area contributed by atoms with Gasteiger partial charge in [-0.3, -0.25) is 0 Å². The van der Waals surface area contributed by atoms with Crippen LogP contribution in [0.1, 0.15) is 58.3 Å². The summed E-state index contributed by atoms with van der Waals surface area (Å²) in [5.41, 5.74) is 2.19. The van der Waals surface area contributed by atoms with Gasteiger partial charge in [-0.2, -0.15) is 0 Å². The molecule has 2 aliphatic carbocycles. The third-order valence-corrected chi connectivity index (χ3v) is 3.88. The molecule has 0 aromatic heterocycles. The predicted octanol–water partition coefficient (Wildman–Crippen LogP) is 4.62. The molecule has 2 rings (SSSR count). The third-order valence-electron chi connectivity index (χ3n) is 3.88. The van der Waals surface area contributed by atoms with Crippen molar-refractivity contribution in [1.82, 2.24) is 0 Å². The maximum Gasteiger partial charge on any atom is -0.0112 e. The average molecular weight is 190 g/mol. The first-order valence-electron chi connectivity index (χ1n) is 6.23.